The normalized spacial score (nSPS) is 10.9. The lowest BCUT2D eigenvalue weighted by Crippen LogP contribution is -2.13. The van der Waals surface area contributed by atoms with Crippen molar-refractivity contribution in [3.8, 4) is 11.3 Å². The number of carbonyl (C=O) groups is 1. The molecule has 2 aromatic heterocycles. The molecular weight excluding hydrogens is 369 g/mol. The first-order valence-corrected chi connectivity index (χ1v) is 9.21. The predicted octanol–water partition coefficient (Wildman–Crippen LogP) is 4.33. The second-order valence-corrected chi connectivity index (χ2v) is 6.91. The van der Waals surface area contributed by atoms with Crippen LogP contribution in [0.1, 0.15) is 27.3 Å². The Kier molecular flexibility index (Phi) is 4.95. The molecule has 0 saturated carbocycles. The highest BCUT2D eigenvalue weighted by molar-refractivity contribution is 6.02. The maximum atomic E-state index is 13.9. The van der Waals surface area contributed by atoms with Gasteiger partial charge in [-0.3, -0.25) is 14.6 Å². The molecule has 0 fully saturated rings. The molecule has 7 heteroatoms. The van der Waals surface area contributed by atoms with Crippen LogP contribution in [0.25, 0.3) is 11.3 Å². The summed E-state index contributed by atoms with van der Waals surface area (Å²) in [4.78, 5) is 12.6. The van der Waals surface area contributed by atoms with Crippen LogP contribution in [0.5, 0.6) is 0 Å². The topological polar surface area (TPSA) is 75.6 Å². The summed E-state index contributed by atoms with van der Waals surface area (Å²) in [5.74, 6) is -0.226. The number of amides is 1. The maximum Gasteiger partial charge on any atom is 0.274 e. The highest BCUT2D eigenvalue weighted by atomic mass is 19.1. The number of rotatable bonds is 5. The molecule has 0 aliphatic rings. The van der Waals surface area contributed by atoms with Gasteiger partial charge in [0.1, 0.15) is 11.5 Å². The molecule has 1 amide bonds. The van der Waals surface area contributed by atoms with E-state index in [4.69, 9.17) is 0 Å². The zero-order valence-corrected chi connectivity index (χ0v) is 16.1. The third-order valence-electron chi connectivity index (χ3n) is 4.67. The SMILES string of the molecule is Cc1ccc(-c2cc(C(=O)Nc3cc(C)n(Cc4ccccc4F)n3)[nH]n2)cc1. The molecule has 0 saturated heterocycles. The first-order valence-electron chi connectivity index (χ1n) is 9.21. The van der Waals surface area contributed by atoms with E-state index in [2.05, 4.69) is 20.6 Å². The molecule has 2 aromatic carbocycles. The molecule has 0 spiro atoms. The second-order valence-electron chi connectivity index (χ2n) is 6.91. The van der Waals surface area contributed by atoms with Gasteiger partial charge in [0.05, 0.1) is 12.2 Å². The molecule has 0 bridgehead atoms. The van der Waals surface area contributed by atoms with Crippen LogP contribution >= 0.6 is 0 Å². The van der Waals surface area contributed by atoms with E-state index in [0.29, 0.717) is 22.8 Å². The van der Waals surface area contributed by atoms with Gasteiger partial charge in [-0.2, -0.15) is 10.2 Å². The van der Waals surface area contributed by atoms with Crippen LogP contribution in [0.2, 0.25) is 0 Å². The number of carbonyl (C=O) groups excluding carboxylic acids is 1. The minimum Gasteiger partial charge on any atom is -0.304 e. The van der Waals surface area contributed by atoms with E-state index in [9.17, 15) is 9.18 Å². The van der Waals surface area contributed by atoms with Gasteiger partial charge in [0, 0.05) is 22.9 Å². The maximum absolute atomic E-state index is 13.9. The van der Waals surface area contributed by atoms with Gasteiger partial charge in [-0.05, 0) is 26.0 Å². The monoisotopic (exact) mass is 389 g/mol. The number of nitrogens with one attached hydrogen (secondary N) is 2. The van der Waals surface area contributed by atoms with E-state index in [1.807, 2.05) is 38.1 Å². The van der Waals surface area contributed by atoms with E-state index < -0.39 is 0 Å². The van der Waals surface area contributed by atoms with Crippen molar-refractivity contribution in [2.75, 3.05) is 5.32 Å². The summed E-state index contributed by atoms with van der Waals surface area (Å²) in [6, 6.07) is 17.9. The number of benzene rings is 2. The molecule has 29 heavy (non-hydrogen) atoms. The number of halogens is 1. The molecule has 0 unspecified atom stereocenters. The average molecular weight is 389 g/mol. The number of hydrogen-bond donors (Lipinski definition) is 2. The molecule has 0 aliphatic heterocycles. The van der Waals surface area contributed by atoms with Gasteiger partial charge in [-0.25, -0.2) is 4.39 Å². The van der Waals surface area contributed by atoms with Crippen molar-refractivity contribution < 1.29 is 9.18 Å². The Morgan fingerprint density at radius 1 is 1.10 bits per heavy atom. The average Bonchev–Trinajstić information content (AvgIpc) is 3.32. The van der Waals surface area contributed by atoms with Crippen molar-refractivity contribution in [3.05, 3.63) is 89.0 Å². The molecule has 146 valence electrons. The van der Waals surface area contributed by atoms with Crippen molar-refractivity contribution in [2.45, 2.75) is 20.4 Å². The van der Waals surface area contributed by atoms with Gasteiger partial charge in [0.15, 0.2) is 5.82 Å². The summed E-state index contributed by atoms with van der Waals surface area (Å²) in [5, 5.41) is 14.1. The number of hydrogen-bond acceptors (Lipinski definition) is 3. The number of H-pyrrole nitrogens is 1. The molecule has 2 N–H and O–H groups in total. The third kappa shape index (κ3) is 4.08. The van der Waals surface area contributed by atoms with E-state index in [1.165, 1.54) is 6.07 Å². The zero-order chi connectivity index (χ0) is 20.4. The van der Waals surface area contributed by atoms with Gasteiger partial charge < -0.3 is 5.32 Å². The molecule has 0 atom stereocenters. The number of aromatic nitrogens is 4. The summed E-state index contributed by atoms with van der Waals surface area (Å²) in [7, 11) is 0. The van der Waals surface area contributed by atoms with Crippen molar-refractivity contribution in [3.63, 3.8) is 0 Å². The quantitative estimate of drug-likeness (QED) is 0.533. The Morgan fingerprint density at radius 3 is 2.62 bits per heavy atom. The second kappa shape index (κ2) is 7.71. The molecule has 4 aromatic rings. The smallest absolute Gasteiger partial charge is 0.274 e. The molecule has 0 aliphatic carbocycles. The lowest BCUT2D eigenvalue weighted by atomic mass is 10.1. The van der Waals surface area contributed by atoms with Crippen LogP contribution in [0.4, 0.5) is 10.2 Å². The number of anilines is 1. The molecule has 6 nitrogen and oxygen atoms in total. The van der Waals surface area contributed by atoms with Crippen molar-refractivity contribution in [1.82, 2.24) is 20.0 Å². The Balaban J connectivity index is 1.48. The predicted molar refractivity (Wildman–Crippen MR) is 109 cm³/mol. The molecule has 0 radical (unpaired) electrons. The highest BCUT2D eigenvalue weighted by Gasteiger charge is 2.14. The third-order valence-corrected chi connectivity index (χ3v) is 4.67. The molecular formula is C22H20FN5O. The van der Waals surface area contributed by atoms with E-state index in [0.717, 1.165) is 16.8 Å². The largest absolute Gasteiger partial charge is 0.304 e. The van der Waals surface area contributed by atoms with Crippen LogP contribution in [-0.2, 0) is 6.54 Å². The van der Waals surface area contributed by atoms with Crippen molar-refractivity contribution in [2.24, 2.45) is 0 Å². The van der Waals surface area contributed by atoms with Gasteiger partial charge >= 0.3 is 0 Å². The van der Waals surface area contributed by atoms with Crippen LogP contribution in [-0.4, -0.2) is 25.9 Å². The fourth-order valence-corrected chi connectivity index (χ4v) is 3.01. The first kappa shape index (κ1) is 18.6. The van der Waals surface area contributed by atoms with Crippen molar-refractivity contribution >= 4 is 11.7 Å². The summed E-state index contributed by atoms with van der Waals surface area (Å²) >= 11 is 0. The summed E-state index contributed by atoms with van der Waals surface area (Å²) < 4.78 is 15.5. The summed E-state index contributed by atoms with van der Waals surface area (Å²) in [6.07, 6.45) is 0. The highest BCUT2D eigenvalue weighted by Crippen LogP contribution is 2.19. The van der Waals surface area contributed by atoms with Crippen LogP contribution in [0, 0.1) is 19.7 Å². The summed E-state index contributed by atoms with van der Waals surface area (Å²) in [6.45, 7) is 4.16. The Labute approximate surface area is 167 Å². The lowest BCUT2D eigenvalue weighted by molar-refractivity contribution is 0.102. The van der Waals surface area contributed by atoms with Crippen LogP contribution < -0.4 is 5.32 Å². The number of aromatic amines is 1. The van der Waals surface area contributed by atoms with Gasteiger partial charge in [0.25, 0.3) is 5.91 Å². The number of aryl methyl sites for hydroxylation is 2. The minimum atomic E-state index is -0.341. The van der Waals surface area contributed by atoms with Gasteiger partial charge in [-0.15, -0.1) is 0 Å². The standard InChI is InChI=1S/C22H20FN5O/c1-14-7-9-16(10-8-14)19-12-20(26-25-19)22(29)24-21-11-15(2)28(27-21)13-17-5-3-4-6-18(17)23/h3-12H,13H2,1-2H3,(H,25,26)(H,24,27,29). The Bertz CT molecular complexity index is 1160. The first-order chi connectivity index (χ1) is 14.0. The summed E-state index contributed by atoms with van der Waals surface area (Å²) in [5.41, 5.74) is 4.46. The number of nitrogens with zero attached hydrogens (tertiary/aromatic N) is 3. The van der Waals surface area contributed by atoms with Crippen molar-refractivity contribution in [1.29, 1.82) is 0 Å². The fourth-order valence-electron chi connectivity index (χ4n) is 3.01. The van der Waals surface area contributed by atoms with Crippen LogP contribution in [0.15, 0.2) is 60.7 Å². The van der Waals surface area contributed by atoms with Crippen LogP contribution in [0.3, 0.4) is 0 Å². The molecule has 2 heterocycles. The Morgan fingerprint density at radius 2 is 1.86 bits per heavy atom. The lowest BCUT2D eigenvalue weighted by Gasteiger charge is -2.05. The van der Waals surface area contributed by atoms with Gasteiger partial charge in [0.2, 0.25) is 0 Å². The van der Waals surface area contributed by atoms with E-state index >= 15 is 0 Å². The minimum absolute atomic E-state index is 0.283. The molecule has 4 rings (SSSR count). The van der Waals surface area contributed by atoms with E-state index in [-0.39, 0.29) is 18.3 Å². The van der Waals surface area contributed by atoms with Gasteiger partial charge in [-0.1, -0.05) is 48.0 Å². The van der Waals surface area contributed by atoms with E-state index in [1.54, 1.807) is 35.0 Å². The zero-order valence-electron chi connectivity index (χ0n) is 16.1. The Hall–Kier alpha value is -3.74. The fraction of sp³-hybridized carbons (Fsp3) is 0.136.